The van der Waals surface area contributed by atoms with E-state index in [1.54, 1.807) is 6.20 Å². The molecule has 2 rings (SSSR count). The molecule has 2 heterocycles. The number of amides is 1. The van der Waals surface area contributed by atoms with E-state index in [4.69, 9.17) is 0 Å². The predicted octanol–water partition coefficient (Wildman–Crippen LogP) is 1.54. The highest BCUT2D eigenvalue weighted by atomic mass is 79.9. The van der Waals surface area contributed by atoms with Crippen molar-refractivity contribution < 1.29 is 4.79 Å². The van der Waals surface area contributed by atoms with Crippen LogP contribution in [-0.4, -0.2) is 58.7 Å². The minimum Gasteiger partial charge on any atom is -0.336 e. The number of rotatable bonds is 3. The van der Waals surface area contributed by atoms with Gasteiger partial charge in [0.15, 0.2) is 0 Å². The molecule has 1 saturated heterocycles. The first-order valence-corrected chi connectivity index (χ1v) is 7.33. The van der Waals surface area contributed by atoms with E-state index in [1.165, 1.54) is 0 Å². The Morgan fingerprint density at radius 3 is 2.72 bits per heavy atom. The molecule has 1 aliphatic heterocycles. The molecule has 98 valence electrons. The van der Waals surface area contributed by atoms with Gasteiger partial charge in [0.05, 0.1) is 5.56 Å². The smallest absolute Gasteiger partial charge is 0.255 e. The molecule has 0 saturated carbocycles. The van der Waals surface area contributed by atoms with Crippen molar-refractivity contribution >= 4 is 21.8 Å². The van der Waals surface area contributed by atoms with Crippen LogP contribution >= 0.6 is 15.9 Å². The lowest BCUT2D eigenvalue weighted by atomic mass is 10.1. The number of hydrogen-bond acceptors (Lipinski definition) is 3. The number of pyridine rings is 1. The molecule has 18 heavy (non-hydrogen) atoms. The molecular formula is C13H18BrN3O. The highest BCUT2D eigenvalue weighted by Crippen LogP contribution is 2.11. The number of halogens is 1. The summed E-state index contributed by atoms with van der Waals surface area (Å²) in [6, 6.07) is 3.68. The zero-order chi connectivity index (χ0) is 13.0. The fourth-order valence-corrected chi connectivity index (χ4v) is 2.68. The first-order valence-electron chi connectivity index (χ1n) is 6.21. The van der Waals surface area contributed by atoms with Gasteiger partial charge in [-0.05, 0) is 19.1 Å². The van der Waals surface area contributed by atoms with E-state index in [0.29, 0.717) is 0 Å². The Morgan fingerprint density at radius 2 is 2.11 bits per heavy atom. The number of hydrogen-bond donors (Lipinski definition) is 0. The van der Waals surface area contributed by atoms with Gasteiger partial charge >= 0.3 is 0 Å². The Morgan fingerprint density at radius 1 is 1.39 bits per heavy atom. The fraction of sp³-hybridized carbons (Fsp3) is 0.538. The Bertz CT molecular complexity index is 416. The highest BCUT2D eigenvalue weighted by molar-refractivity contribution is 9.09. The summed E-state index contributed by atoms with van der Waals surface area (Å²) in [5, 5.41) is 0.989. The van der Waals surface area contributed by atoms with Crippen molar-refractivity contribution in [2.75, 3.05) is 38.1 Å². The maximum absolute atomic E-state index is 12.3. The monoisotopic (exact) mass is 311 g/mol. The van der Waals surface area contributed by atoms with Gasteiger partial charge in [-0.2, -0.15) is 0 Å². The second-order valence-electron chi connectivity index (χ2n) is 4.46. The van der Waals surface area contributed by atoms with Crippen molar-refractivity contribution in [2.24, 2.45) is 0 Å². The number of aryl methyl sites for hydroxylation is 1. The number of carbonyl (C=O) groups is 1. The zero-order valence-corrected chi connectivity index (χ0v) is 12.2. The largest absolute Gasteiger partial charge is 0.336 e. The molecule has 5 heteroatoms. The molecule has 1 aliphatic rings. The number of alkyl halides is 1. The second kappa shape index (κ2) is 6.29. The normalized spacial score (nSPS) is 16.9. The average Bonchev–Trinajstić information content (AvgIpc) is 2.40. The van der Waals surface area contributed by atoms with Crippen molar-refractivity contribution in [3.63, 3.8) is 0 Å². The van der Waals surface area contributed by atoms with E-state index in [0.717, 1.165) is 49.3 Å². The van der Waals surface area contributed by atoms with Crippen LogP contribution in [0.3, 0.4) is 0 Å². The van der Waals surface area contributed by atoms with Crippen LogP contribution in [-0.2, 0) is 0 Å². The van der Waals surface area contributed by atoms with Gasteiger partial charge < -0.3 is 4.90 Å². The fourth-order valence-electron chi connectivity index (χ4n) is 2.17. The second-order valence-corrected chi connectivity index (χ2v) is 5.25. The average molecular weight is 312 g/mol. The summed E-state index contributed by atoms with van der Waals surface area (Å²) in [5.41, 5.74) is 1.54. The molecule has 0 unspecified atom stereocenters. The first kappa shape index (κ1) is 13.5. The third-order valence-corrected chi connectivity index (χ3v) is 3.65. The maximum Gasteiger partial charge on any atom is 0.255 e. The van der Waals surface area contributed by atoms with Gasteiger partial charge in [0.2, 0.25) is 0 Å². The molecule has 0 bridgehead atoms. The molecular weight excluding hydrogens is 294 g/mol. The molecule has 0 radical (unpaired) electrons. The molecule has 0 aromatic carbocycles. The predicted molar refractivity (Wildman–Crippen MR) is 75.1 cm³/mol. The summed E-state index contributed by atoms with van der Waals surface area (Å²) in [4.78, 5) is 20.8. The summed E-state index contributed by atoms with van der Waals surface area (Å²) in [5.74, 6) is 0.110. The Balaban J connectivity index is 1.98. The van der Waals surface area contributed by atoms with Gasteiger partial charge in [-0.15, -0.1) is 0 Å². The summed E-state index contributed by atoms with van der Waals surface area (Å²) in [6.07, 6.45) is 1.72. The Kier molecular flexibility index (Phi) is 4.72. The zero-order valence-electron chi connectivity index (χ0n) is 10.6. The lowest BCUT2D eigenvalue weighted by Crippen LogP contribution is -2.49. The Hall–Kier alpha value is -0.940. The van der Waals surface area contributed by atoms with Crippen molar-refractivity contribution in [3.8, 4) is 0 Å². The van der Waals surface area contributed by atoms with Crippen LogP contribution in [0.2, 0.25) is 0 Å². The standard InChI is InChI=1S/C13H18BrN3O/c1-11-12(3-2-5-15-11)13(18)17-9-7-16(6-4-14)8-10-17/h2-3,5H,4,6-10H2,1H3. The van der Waals surface area contributed by atoms with Crippen LogP contribution in [0.4, 0.5) is 0 Å². The van der Waals surface area contributed by atoms with E-state index in [9.17, 15) is 4.79 Å². The van der Waals surface area contributed by atoms with Crippen LogP contribution in [0, 0.1) is 6.92 Å². The SMILES string of the molecule is Cc1ncccc1C(=O)N1CCN(CCBr)CC1. The molecule has 0 aliphatic carbocycles. The van der Waals surface area contributed by atoms with E-state index in [1.807, 2.05) is 24.0 Å². The maximum atomic E-state index is 12.3. The van der Waals surface area contributed by atoms with Crippen LogP contribution in [0.25, 0.3) is 0 Å². The number of carbonyl (C=O) groups excluding carboxylic acids is 1. The summed E-state index contributed by atoms with van der Waals surface area (Å²) in [7, 11) is 0. The van der Waals surface area contributed by atoms with Crippen LogP contribution < -0.4 is 0 Å². The Labute approximate surface area is 116 Å². The molecule has 1 aromatic heterocycles. The van der Waals surface area contributed by atoms with Gasteiger partial charge in [-0.1, -0.05) is 15.9 Å². The third-order valence-electron chi connectivity index (χ3n) is 3.30. The van der Waals surface area contributed by atoms with Crippen LogP contribution in [0.5, 0.6) is 0 Å². The van der Waals surface area contributed by atoms with Crippen molar-refractivity contribution in [1.82, 2.24) is 14.8 Å². The summed E-state index contributed by atoms with van der Waals surface area (Å²) < 4.78 is 0. The van der Waals surface area contributed by atoms with Gasteiger partial charge in [0, 0.05) is 49.9 Å². The lowest BCUT2D eigenvalue weighted by Gasteiger charge is -2.34. The molecule has 0 atom stereocenters. The van der Waals surface area contributed by atoms with Gasteiger partial charge in [-0.25, -0.2) is 0 Å². The lowest BCUT2D eigenvalue weighted by molar-refractivity contribution is 0.0643. The van der Waals surface area contributed by atoms with Crippen molar-refractivity contribution in [2.45, 2.75) is 6.92 Å². The highest BCUT2D eigenvalue weighted by Gasteiger charge is 2.22. The van der Waals surface area contributed by atoms with Crippen molar-refractivity contribution in [1.29, 1.82) is 0 Å². The minimum atomic E-state index is 0.110. The van der Waals surface area contributed by atoms with Gasteiger partial charge in [0.1, 0.15) is 0 Å². The van der Waals surface area contributed by atoms with Crippen LogP contribution in [0.1, 0.15) is 16.1 Å². The van der Waals surface area contributed by atoms with Gasteiger partial charge in [0.25, 0.3) is 5.91 Å². The van der Waals surface area contributed by atoms with E-state index in [-0.39, 0.29) is 5.91 Å². The minimum absolute atomic E-state index is 0.110. The number of piperazine rings is 1. The van der Waals surface area contributed by atoms with E-state index < -0.39 is 0 Å². The summed E-state index contributed by atoms with van der Waals surface area (Å²) >= 11 is 3.44. The topological polar surface area (TPSA) is 36.4 Å². The molecule has 0 N–H and O–H groups in total. The number of nitrogens with zero attached hydrogens (tertiary/aromatic N) is 3. The molecule has 1 fully saturated rings. The summed E-state index contributed by atoms with van der Waals surface area (Å²) in [6.45, 7) is 6.45. The van der Waals surface area contributed by atoms with E-state index >= 15 is 0 Å². The molecule has 4 nitrogen and oxygen atoms in total. The van der Waals surface area contributed by atoms with Crippen LogP contribution in [0.15, 0.2) is 18.3 Å². The number of aromatic nitrogens is 1. The molecule has 1 aromatic rings. The molecule has 0 spiro atoms. The third kappa shape index (κ3) is 3.09. The first-order chi connectivity index (χ1) is 8.72. The van der Waals surface area contributed by atoms with E-state index in [2.05, 4.69) is 25.8 Å². The molecule has 1 amide bonds. The van der Waals surface area contributed by atoms with Gasteiger partial charge in [-0.3, -0.25) is 14.7 Å². The quantitative estimate of drug-likeness (QED) is 0.795. The van der Waals surface area contributed by atoms with Crippen molar-refractivity contribution in [3.05, 3.63) is 29.6 Å².